The van der Waals surface area contributed by atoms with E-state index in [4.69, 9.17) is 4.52 Å². The Balaban J connectivity index is 2.08. The molecular weight excluding hydrogens is 356 g/mol. The van der Waals surface area contributed by atoms with Gasteiger partial charge in [-0.05, 0) is 37.6 Å². The van der Waals surface area contributed by atoms with Crippen LogP contribution in [0.25, 0.3) is 0 Å². The lowest BCUT2D eigenvalue weighted by Crippen LogP contribution is -2.32. The first kappa shape index (κ1) is 20.1. The van der Waals surface area contributed by atoms with Crippen molar-refractivity contribution in [2.75, 3.05) is 7.05 Å². The quantitative estimate of drug-likeness (QED) is 0.751. The molecule has 2 rings (SSSR count). The van der Waals surface area contributed by atoms with E-state index >= 15 is 0 Å². The van der Waals surface area contributed by atoms with Crippen LogP contribution in [0.2, 0.25) is 0 Å². The first-order chi connectivity index (χ1) is 12.3. The summed E-state index contributed by atoms with van der Waals surface area (Å²) in [4.78, 5) is 18.2. The number of nitrogens with zero attached hydrogens (tertiary/aromatic N) is 3. The first-order valence-corrected chi connectivity index (χ1v) is 9.94. The van der Waals surface area contributed by atoms with Gasteiger partial charge in [0.1, 0.15) is 0 Å². The van der Waals surface area contributed by atoms with Gasteiger partial charge in [0, 0.05) is 25.1 Å². The van der Waals surface area contributed by atoms with Crippen LogP contribution in [0, 0.1) is 0 Å². The van der Waals surface area contributed by atoms with Gasteiger partial charge in [-0.25, -0.2) is 13.1 Å². The van der Waals surface area contributed by atoms with Crippen LogP contribution in [0.3, 0.4) is 0 Å². The Bertz CT molecular complexity index is 846. The number of aromatic nitrogens is 2. The summed E-state index contributed by atoms with van der Waals surface area (Å²) in [5.74, 6) is 0.680. The second kappa shape index (κ2) is 8.41. The smallest absolute Gasteiger partial charge is 0.254 e. The van der Waals surface area contributed by atoms with E-state index in [9.17, 15) is 13.2 Å². The summed E-state index contributed by atoms with van der Waals surface area (Å²) < 4.78 is 32.2. The third kappa shape index (κ3) is 4.89. The molecule has 26 heavy (non-hydrogen) atoms. The van der Waals surface area contributed by atoms with Gasteiger partial charge in [-0.15, -0.1) is 0 Å². The number of benzene rings is 1. The van der Waals surface area contributed by atoms with Crippen LogP contribution in [-0.4, -0.2) is 42.5 Å². The number of hydrogen-bond donors (Lipinski definition) is 1. The molecule has 1 aromatic heterocycles. The minimum absolute atomic E-state index is 0.126. The third-order valence-electron chi connectivity index (χ3n) is 3.93. The topological polar surface area (TPSA) is 105 Å². The number of hydrogen-bond acceptors (Lipinski definition) is 6. The molecule has 0 aliphatic rings. The highest BCUT2D eigenvalue weighted by molar-refractivity contribution is 7.89. The van der Waals surface area contributed by atoms with Gasteiger partial charge < -0.3 is 9.42 Å². The van der Waals surface area contributed by atoms with Gasteiger partial charge >= 0.3 is 0 Å². The van der Waals surface area contributed by atoms with Crippen molar-refractivity contribution in [2.24, 2.45) is 0 Å². The molecule has 0 bridgehead atoms. The number of carbonyl (C=O) groups excluding carboxylic acids is 1. The van der Waals surface area contributed by atoms with Gasteiger partial charge in [0.2, 0.25) is 15.9 Å². The molecule has 0 saturated carbocycles. The Hall–Kier alpha value is -2.26. The maximum Gasteiger partial charge on any atom is 0.254 e. The highest BCUT2D eigenvalue weighted by Gasteiger charge is 2.19. The number of nitrogens with one attached hydrogen (secondary N) is 1. The third-order valence-corrected chi connectivity index (χ3v) is 5.53. The van der Waals surface area contributed by atoms with Crippen LogP contribution in [0.5, 0.6) is 0 Å². The molecule has 2 aromatic rings. The molecule has 0 aliphatic heterocycles. The van der Waals surface area contributed by atoms with Crippen LogP contribution < -0.4 is 4.72 Å². The molecule has 1 aromatic carbocycles. The number of carbonyl (C=O) groups is 1. The average molecular weight is 380 g/mol. The largest absolute Gasteiger partial charge is 0.337 e. The van der Waals surface area contributed by atoms with E-state index in [-0.39, 0.29) is 23.4 Å². The lowest BCUT2D eigenvalue weighted by atomic mass is 10.2. The molecule has 0 saturated heterocycles. The van der Waals surface area contributed by atoms with Gasteiger partial charge in [-0.3, -0.25) is 4.79 Å². The minimum atomic E-state index is -3.59. The van der Waals surface area contributed by atoms with Crippen LogP contribution >= 0.6 is 0 Å². The van der Waals surface area contributed by atoms with Crippen molar-refractivity contribution in [1.29, 1.82) is 0 Å². The van der Waals surface area contributed by atoms with Gasteiger partial charge in [0.25, 0.3) is 5.91 Å². The number of aryl methyl sites for hydroxylation is 1. The molecule has 0 spiro atoms. The predicted molar refractivity (Wildman–Crippen MR) is 96.0 cm³/mol. The highest BCUT2D eigenvalue weighted by Crippen LogP contribution is 2.14. The Morgan fingerprint density at radius 1 is 1.27 bits per heavy atom. The molecule has 1 atom stereocenters. The lowest BCUT2D eigenvalue weighted by molar-refractivity contribution is 0.0769. The molecule has 142 valence electrons. The highest BCUT2D eigenvalue weighted by atomic mass is 32.2. The van der Waals surface area contributed by atoms with E-state index in [0.717, 1.165) is 0 Å². The summed E-state index contributed by atoms with van der Waals surface area (Å²) in [6, 6.07) is 5.68. The molecule has 0 radical (unpaired) electrons. The van der Waals surface area contributed by atoms with Crippen molar-refractivity contribution in [2.45, 2.75) is 51.1 Å². The van der Waals surface area contributed by atoms with Crippen molar-refractivity contribution in [3.8, 4) is 0 Å². The lowest BCUT2D eigenvalue weighted by Gasteiger charge is -2.15. The molecule has 1 N–H and O–H groups in total. The van der Waals surface area contributed by atoms with Crippen molar-refractivity contribution < 1.29 is 17.7 Å². The van der Waals surface area contributed by atoms with E-state index in [2.05, 4.69) is 14.9 Å². The van der Waals surface area contributed by atoms with Crippen molar-refractivity contribution in [1.82, 2.24) is 19.8 Å². The Kier molecular flexibility index (Phi) is 6.49. The first-order valence-electron chi connectivity index (χ1n) is 8.46. The molecule has 1 amide bonds. The number of sulfonamides is 1. The van der Waals surface area contributed by atoms with Crippen molar-refractivity contribution in [3.05, 3.63) is 41.5 Å². The Morgan fingerprint density at radius 3 is 2.46 bits per heavy atom. The molecular formula is C17H24N4O4S. The van der Waals surface area contributed by atoms with E-state index in [1.165, 1.54) is 29.2 Å². The fourth-order valence-corrected chi connectivity index (χ4v) is 3.51. The summed E-state index contributed by atoms with van der Waals surface area (Å²) in [7, 11) is -1.97. The average Bonchev–Trinajstić information content (AvgIpc) is 3.08. The van der Waals surface area contributed by atoms with Crippen LogP contribution in [-0.2, 0) is 23.0 Å². The summed E-state index contributed by atoms with van der Waals surface area (Å²) in [6.45, 7) is 5.79. The van der Waals surface area contributed by atoms with Crippen LogP contribution in [0.1, 0.15) is 49.3 Å². The zero-order valence-corrected chi connectivity index (χ0v) is 16.2. The SMILES string of the molecule is CCc1noc(CN(C)C(=O)c2ccc(S(=O)(=O)NC(C)CC)cc2)n1. The van der Waals surface area contributed by atoms with Crippen molar-refractivity contribution in [3.63, 3.8) is 0 Å². The number of amides is 1. The van der Waals surface area contributed by atoms with Gasteiger partial charge in [-0.1, -0.05) is 19.0 Å². The van der Waals surface area contributed by atoms with Crippen molar-refractivity contribution >= 4 is 15.9 Å². The van der Waals surface area contributed by atoms with E-state index in [1.807, 2.05) is 13.8 Å². The second-order valence-corrected chi connectivity index (χ2v) is 7.79. The molecule has 0 aliphatic carbocycles. The Morgan fingerprint density at radius 2 is 1.92 bits per heavy atom. The minimum Gasteiger partial charge on any atom is -0.337 e. The summed E-state index contributed by atoms with van der Waals surface area (Å²) in [6.07, 6.45) is 1.35. The molecule has 1 unspecified atom stereocenters. The van der Waals surface area contributed by atoms with E-state index < -0.39 is 10.0 Å². The maximum absolute atomic E-state index is 12.5. The Labute approximate surface area is 153 Å². The second-order valence-electron chi connectivity index (χ2n) is 6.07. The fraction of sp³-hybridized carbons (Fsp3) is 0.471. The maximum atomic E-state index is 12.5. The fourth-order valence-electron chi connectivity index (χ4n) is 2.19. The monoisotopic (exact) mass is 380 g/mol. The zero-order chi connectivity index (χ0) is 19.3. The van der Waals surface area contributed by atoms with Gasteiger partial charge in [0.05, 0.1) is 11.4 Å². The summed E-state index contributed by atoms with van der Waals surface area (Å²) in [5, 5.41) is 3.79. The van der Waals surface area contributed by atoms with E-state index in [0.29, 0.717) is 30.1 Å². The summed E-state index contributed by atoms with van der Waals surface area (Å²) >= 11 is 0. The molecule has 0 fully saturated rings. The molecule has 9 heteroatoms. The molecule has 8 nitrogen and oxygen atoms in total. The van der Waals surface area contributed by atoms with Gasteiger partial charge in [0.15, 0.2) is 5.82 Å². The number of rotatable bonds is 8. The standard InChI is InChI=1S/C17H24N4O4S/c1-5-12(3)20-26(23,24)14-9-7-13(8-10-14)17(22)21(4)11-16-18-15(6-2)19-25-16/h7-10,12,20H,5-6,11H2,1-4H3. The van der Waals surface area contributed by atoms with Gasteiger partial charge in [-0.2, -0.15) is 4.98 Å². The van der Waals surface area contributed by atoms with E-state index in [1.54, 1.807) is 14.0 Å². The summed E-state index contributed by atoms with van der Waals surface area (Å²) in [5.41, 5.74) is 0.380. The zero-order valence-electron chi connectivity index (χ0n) is 15.4. The molecule has 1 heterocycles. The normalized spacial score (nSPS) is 12.8. The predicted octanol–water partition coefficient (Wildman–Crippen LogP) is 1.98. The van der Waals surface area contributed by atoms with Crippen LogP contribution in [0.15, 0.2) is 33.7 Å². The van der Waals surface area contributed by atoms with Crippen LogP contribution in [0.4, 0.5) is 0 Å².